The first-order chi connectivity index (χ1) is 12.3. The molecule has 0 aliphatic carbocycles. The number of piperidine rings is 1. The molecule has 1 aliphatic heterocycles. The van der Waals surface area contributed by atoms with Crippen LogP contribution in [0.1, 0.15) is 42.1 Å². The number of benzene rings is 1. The van der Waals surface area contributed by atoms with Crippen LogP contribution in [0.4, 0.5) is 11.5 Å². The van der Waals surface area contributed by atoms with E-state index in [9.17, 15) is 4.79 Å². The third-order valence-corrected chi connectivity index (χ3v) is 4.45. The van der Waals surface area contributed by atoms with Gasteiger partial charge in [-0.15, -0.1) is 0 Å². The van der Waals surface area contributed by atoms with Gasteiger partial charge in [-0.1, -0.05) is 19.1 Å². The molecule has 25 heavy (non-hydrogen) atoms. The maximum Gasteiger partial charge on any atom is 0.259 e. The minimum atomic E-state index is -0.103. The van der Waals surface area contributed by atoms with Crippen molar-refractivity contribution in [3.05, 3.63) is 53.7 Å². The lowest BCUT2D eigenvalue weighted by Crippen LogP contribution is -2.32. The van der Waals surface area contributed by atoms with Gasteiger partial charge in [0.15, 0.2) is 0 Å². The van der Waals surface area contributed by atoms with Crippen LogP contribution < -0.4 is 15.5 Å². The van der Waals surface area contributed by atoms with Crippen molar-refractivity contribution < 1.29 is 4.79 Å². The third-order valence-electron chi connectivity index (χ3n) is 4.45. The van der Waals surface area contributed by atoms with Crippen LogP contribution >= 0.6 is 0 Å². The molecule has 0 spiro atoms. The Morgan fingerprint density at radius 2 is 2.00 bits per heavy atom. The van der Waals surface area contributed by atoms with E-state index in [0.717, 1.165) is 56.1 Å². The van der Waals surface area contributed by atoms with Crippen molar-refractivity contribution in [2.45, 2.75) is 32.7 Å². The molecular weight excluding hydrogens is 312 g/mol. The van der Waals surface area contributed by atoms with Crippen molar-refractivity contribution in [2.75, 3.05) is 29.9 Å². The molecular formula is C20H26N4O. The first-order valence-electron chi connectivity index (χ1n) is 9.09. The van der Waals surface area contributed by atoms with Gasteiger partial charge in [-0.2, -0.15) is 0 Å². The molecule has 1 aromatic carbocycles. The summed E-state index contributed by atoms with van der Waals surface area (Å²) < 4.78 is 0. The van der Waals surface area contributed by atoms with Crippen molar-refractivity contribution >= 4 is 17.4 Å². The van der Waals surface area contributed by atoms with Crippen LogP contribution in [-0.2, 0) is 6.54 Å². The van der Waals surface area contributed by atoms with E-state index >= 15 is 0 Å². The summed E-state index contributed by atoms with van der Waals surface area (Å²) in [7, 11) is 0. The highest BCUT2D eigenvalue weighted by Crippen LogP contribution is 2.23. The van der Waals surface area contributed by atoms with Gasteiger partial charge in [0.05, 0.1) is 5.56 Å². The molecule has 5 heteroatoms. The zero-order chi connectivity index (χ0) is 17.5. The summed E-state index contributed by atoms with van der Waals surface area (Å²) in [6.07, 6.45) is 5.33. The van der Waals surface area contributed by atoms with Crippen LogP contribution in [0.2, 0.25) is 0 Å². The molecule has 0 unspecified atom stereocenters. The van der Waals surface area contributed by atoms with E-state index in [1.165, 1.54) is 6.42 Å². The number of pyridine rings is 1. The average Bonchev–Trinajstić information content (AvgIpc) is 2.67. The SMILES string of the molecule is CCNCc1cccc(NC(=O)c2cccnc2N2CCCCC2)c1. The second kappa shape index (κ2) is 8.62. The number of anilines is 2. The smallest absolute Gasteiger partial charge is 0.259 e. The summed E-state index contributed by atoms with van der Waals surface area (Å²) in [6.45, 7) is 5.73. The van der Waals surface area contributed by atoms with Gasteiger partial charge in [0.25, 0.3) is 5.91 Å². The fourth-order valence-electron chi connectivity index (χ4n) is 3.16. The van der Waals surface area contributed by atoms with Crippen LogP contribution in [0.5, 0.6) is 0 Å². The lowest BCUT2D eigenvalue weighted by Gasteiger charge is -2.29. The highest BCUT2D eigenvalue weighted by atomic mass is 16.1. The molecule has 132 valence electrons. The Morgan fingerprint density at radius 1 is 1.16 bits per heavy atom. The molecule has 1 amide bonds. The number of amides is 1. The van der Waals surface area contributed by atoms with Crippen molar-refractivity contribution in [3.63, 3.8) is 0 Å². The third kappa shape index (κ3) is 4.57. The van der Waals surface area contributed by atoms with Crippen LogP contribution in [-0.4, -0.2) is 30.5 Å². The molecule has 1 aliphatic rings. The summed E-state index contributed by atoms with van der Waals surface area (Å²) in [5, 5.41) is 6.32. The standard InChI is InChI=1S/C20H26N4O/c1-2-21-15-16-8-6-9-17(14-16)23-20(25)18-10-7-11-22-19(18)24-12-4-3-5-13-24/h6-11,14,21H,2-5,12-13,15H2,1H3,(H,23,25). The number of nitrogens with one attached hydrogen (secondary N) is 2. The van der Waals surface area contributed by atoms with E-state index in [1.807, 2.05) is 30.3 Å². The van der Waals surface area contributed by atoms with Crippen LogP contribution in [0, 0.1) is 0 Å². The highest BCUT2D eigenvalue weighted by Gasteiger charge is 2.19. The second-order valence-electron chi connectivity index (χ2n) is 6.36. The fraction of sp³-hybridized carbons (Fsp3) is 0.400. The van der Waals surface area contributed by atoms with Crippen LogP contribution in [0.25, 0.3) is 0 Å². The first kappa shape index (κ1) is 17.4. The number of aromatic nitrogens is 1. The van der Waals surface area contributed by atoms with Crippen molar-refractivity contribution in [1.29, 1.82) is 0 Å². The van der Waals surface area contributed by atoms with Gasteiger partial charge in [0.1, 0.15) is 5.82 Å². The van der Waals surface area contributed by atoms with E-state index < -0.39 is 0 Å². The van der Waals surface area contributed by atoms with Gasteiger partial charge in [-0.3, -0.25) is 4.79 Å². The molecule has 1 fully saturated rings. The van der Waals surface area contributed by atoms with Crippen molar-refractivity contribution in [3.8, 4) is 0 Å². The Balaban J connectivity index is 1.75. The quantitative estimate of drug-likeness (QED) is 0.847. The number of rotatable bonds is 6. The summed E-state index contributed by atoms with van der Waals surface area (Å²) in [4.78, 5) is 19.5. The fourth-order valence-corrected chi connectivity index (χ4v) is 3.16. The minimum absolute atomic E-state index is 0.103. The van der Waals surface area contributed by atoms with Crippen LogP contribution in [0.15, 0.2) is 42.6 Å². The summed E-state index contributed by atoms with van der Waals surface area (Å²) in [5.41, 5.74) is 2.61. The Labute approximate surface area is 149 Å². The van der Waals surface area contributed by atoms with E-state index in [1.54, 1.807) is 6.20 Å². The molecule has 1 aromatic heterocycles. The topological polar surface area (TPSA) is 57.3 Å². The zero-order valence-corrected chi connectivity index (χ0v) is 14.8. The second-order valence-corrected chi connectivity index (χ2v) is 6.36. The molecule has 0 radical (unpaired) electrons. The molecule has 2 N–H and O–H groups in total. The monoisotopic (exact) mass is 338 g/mol. The van der Waals surface area contributed by atoms with Gasteiger partial charge in [-0.25, -0.2) is 4.98 Å². The predicted octanol–water partition coefficient (Wildman–Crippen LogP) is 3.43. The van der Waals surface area contributed by atoms with E-state index in [4.69, 9.17) is 0 Å². The first-order valence-corrected chi connectivity index (χ1v) is 9.09. The minimum Gasteiger partial charge on any atom is -0.356 e. The largest absolute Gasteiger partial charge is 0.356 e. The molecule has 2 heterocycles. The van der Waals surface area contributed by atoms with Gasteiger partial charge >= 0.3 is 0 Å². The lowest BCUT2D eigenvalue weighted by molar-refractivity contribution is 0.102. The maximum absolute atomic E-state index is 12.8. The normalized spacial score (nSPS) is 14.4. The highest BCUT2D eigenvalue weighted by molar-refractivity contribution is 6.07. The Kier molecular flexibility index (Phi) is 6.01. The molecule has 0 saturated carbocycles. The van der Waals surface area contributed by atoms with E-state index in [2.05, 4.69) is 33.5 Å². The van der Waals surface area contributed by atoms with E-state index in [-0.39, 0.29) is 5.91 Å². The van der Waals surface area contributed by atoms with Gasteiger partial charge in [0.2, 0.25) is 0 Å². The number of carbonyl (C=O) groups is 1. The summed E-state index contributed by atoms with van der Waals surface area (Å²) in [6, 6.07) is 11.6. The number of hydrogen-bond donors (Lipinski definition) is 2. The molecule has 2 aromatic rings. The molecule has 0 bridgehead atoms. The van der Waals surface area contributed by atoms with Crippen molar-refractivity contribution in [1.82, 2.24) is 10.3 Å². The molecule has 5 nitrogen and oxygen atoms in total. The number of carbonyl (C=O) groups excluding carboxylic acids is 1. The Bertz CT molecular complexity index is 710. The average molecular weight is 338 g/mol. The zero-order valence-electron chi connectivity index (χ0n) is 14.8. The van der Waals surface area contributed by atoms with E-state index in [0.29, 0.717) is 5.56 Å². The summed E-state index contributed by atoms with van der Waals surface area (Å²) in [5.74, 6) is 0.692. The van der Waals surface area contributed by atoms with Crippen LogP contribution in [0.3, 0.4) is 0 Å². The molecule has 3 rings (SSSR count). The number of nitrogens with zero attached hydrogens (tertiary/aromatic N) is 2. The van der Waals surface area contributed by atoms with Gasteiger partial charge in [-0.05, 0) is 55.6 Å². The van der Waals surface area contributed by atoms with Gasteiger partial charge < -0.3 is 15.5 Å². The van der Waals surface area contributed by atoms with Gasteiger partial charge in [0, 0.05) is 31.5 Å². The molecule has 1 saturated heterocycles. The predicted molar refractivity (Wildman–Crippen MR) is 102 cm³/mol. The Morgan fingerprint density at radius 3 is 2.80 bits per heavy atom. The lowest BCUT2D eigenvalue weighted by atomic mass is 10.1. The number of hydrogen-bond acceptors (Lipinski definition) is 4. The van der Waals surface area contributed by atoms with Crippen molar-refractivity contribution in [2.24, 2.45) is 0 Å². The summed E-state index contributed by atoms with van der Waals surface area (Å²) >= 11 is 0. The molecule has 0 atom stereocenters. The Hall–Kier alpha value is -2.40. The maximum atomic E-state index is 12.8.